The molecule has 2 aliphatic heterocycles. The molecule has 1 aromatic rings. The van der Waals surface area contributed by atoms with Crippen LogP contribution >= 0.6 is 23.2 Å². The molecule has 2 aliphatic rings. The highest BCUT2D eigenvalue weighted by Crippen LogP contribution is 2.24. The van der Waals surface area contributed by atoms with E-state index in [0.29, 0.717) is 23.1 Å². The Morgan fingerprint density at radius 3 is 2.22 bits per heavy atom. The molecule has 0 aromatic heterocycles. The van der Waals surface area contributed by atoms with Crippen molar-refractivity contribution in [1.29, 1.82) is 0 Å². The highest BCUT2D eigenvalue weighted by atomic mass is 35.5. The molecule has 3 rings (SSSR count). The number of benzene rings is 1. The van der Waals surface area contributed by atoms with Crippen LogP contribution in [0, 0.1) is 5.92 Å². The lowest BCUT2D eigenvalue weighted by atomic mass is 9.95. The van der Waals surface area contributed by atoms with Crippen molar-refractivity contribution in [3.63, 3.8) is 0 Å². The molecule has 2 amide bonds. The fourth-order valence-electron chi connectivity index (χ4n) is 3.80. The van der Waals surface area contributed by atoms with Gasteiger partial charge in [0.15, 0.2) is 0 Å². The predicted octanol–water partition coefficient (Wildman–Crippen LogP) is 4.65. The molecule has 146 valence electrons. The van der Waals surface area contributed by atoms with Crippen molar-refractivity contribution < 1.29 is 9.59 Å². The number of halogens is 2. The van der Waals surface area contributed by atoms with Gasteiger partial charge < -0.3 is 9.80 Å². The second-order valence-electron chi connectivity index (χ2n) is 7.34. The van der Waals surface area contributed by atoms with Crippen molar-refractivity contribution in [2.24, 2.45) is 5.92 Å². The fraction of sp³-hybridized carbons (Fsp3) is 0.524. The number of rotatable bonds is 3. The molecule has 0 aliphatic carbocycles. The minimum Gasteiger partial charge on any atom is -0.342 e. The van der Waals surface area contributed by atoms with E-state index in [-0.39, 0.29) is 17.7 Å². The number of hydrogen-bond acceptors (Lipinski definition) is 2. The van der Waals surface area contributed by atoms with Gasteiger partial charge in [0.2, 0.25) is 11.8 Å². The van der Waals surface area contributed by atoms with E-state index in [4.69, 9.17) is 23.2 Å². The minimum atomic E-state index is -0.0401. The van der Waals surface area contributed by atoms with E-state index < -0.39 is 0 Å². The molecule has 1 aromatic carbocycles. The smallest absolute Gasteiger partial charge is 0.246 e. The summed E-state index contributed by atoms with van der Waals surface area (Å²) in [5.41, 5.74) is 0.764. The SMILES string of the molecule is O=C(/C=C/c1ccc(Cl)cc1Cl)N1CCC(C(=O)N2CCCCCC2)CC1. The van der Waals surface area contributed by atoms with Crippen LogP contribution in [0.2, 0.25) is 10.0 Å². The van der Waals surface area contributed by atoms with Gasteiger partial charge in [0, 0.05) is 48.2 Å². The lowest BCUT2D eigenvalue weighted by molar-refractivity contribution is -0.139. The highest BCUT2D eigenvalue weighted by molar-refractivity contribution is 6.35. The first kappa shape index (κ1) is 20.2. The average molecular weight is 409 g/mol. The minimum absolute atomic E-state index is 0.0401. The predicted molar refractivity (Wildman–Crippen MR) is 110 cm³/mol. The molecule has 0 saturated carbocycles. The topological polar surface area (TPSA) is 40.6 Å². The van der Waals surface area contributed by atoms with E-state index in [9.17, 15) is 9.59 Å². The quantitative estimate of drug-likeness (QED) is 0.682. The third-order valence-corrected chi connectivity index (χ3v) is 6.00. The Balaban J connectivity index is 1.51. The van der Waals surface area contributed by atoms with Crippen LogP contribution in [-0.2, 0) is 9.59 Å². The molecule has 0 unspecified atom stereocenters. The standard InChI is InChI=1S/C21H26Cl2N2O2/c22-18-7-5-16(19(23)15-18)6-8-20(26)24-13-9-17(10-14-24)21(27)25-11-3-1-2-4-12-25/h5-8,15,17H,1-4,9-14H2/b8-6+. The summed E-state index contributed by atoms with van der Waals surface area (Å²) < 4.78 is 0. The number of likely N-dealkylation sites (tertiary alicyclic amines) is 2. The number of piperidine rings is 1. The first-order chi connectivity index (χ1) is 13.0. The van der Waals surface area contributed by atoms with Crippen LogP contribution < -0.4 is 0 Å². The molecule has 4 nitrogen and oxygen atoms in total. The molecule has 0 N–H and O–H groups in total. The van der Waals surface area contributed by atoms with Gasteiger partial charge in [-0.15, -0.1) is 0 Å². The van der Waals surface area contributed by atoms with Gasteiger partial charge in [-0.1, -0.05) is 42.1 Å². The zero-order valence-corrected chi connectivity index (χ0v) is 17.0. The van der Waals surface area contributed by atoms with Crippen LogP contribution in [-0.4, -0.2) is 47.8 Å². The third-order valence-electron chi connectivity index (χ3n) is 5.44. The molecule has 0 atom stereocenters. The molecule has 0 radical (unpaired) electrons. The second kappa shape index (κ2) is 9.61. The normalized spacial score (nSPS) is 19.3. The van der Waals surface area contributed by atoms with E-state index in [1.54, 1.807) is 30.4 Å². The summed E-state index contributed by atoms with van der Waals surface area (Å²) in [7, 11) is 0. The van der Waals surface area contributed by atoms with Crippen LogP contribution in [0.15, 0.2) is 24.3 Å². The Bertz CT molecular complexity index is 704. The van der Waals surface area contributed by atoms with Gasteiger partial charge in [-0.25, -0.2) is 0 Å². The largest absolute Gasteiger partial charge is 0.342 e. The zero-order chi connectivity index (χ0) is 19.2. The van der Waals surface area contributed by atoms with Crippen molar-refractivity contribution in [2.45, 2.75) is 38.5 Å². The van der Waals surface area contributed by atoms with Crippen molar-refractivity contribution in [3.8, 4) is 0 Å². The van der Waals surface area contributed by atoms with E-state index in [1.807, 2.05) is 9.80 Å². The molecule has 0 bridgehead atoms. The Morgan fingerprint density at radius 2 is 1.59 bits per heavy atom. The summed E-state index contributed by atoms with van der Waals surface area (Å²) >= 11 is 12.0. The number of hydrogen-bond donors (Lipinski definition) is 0. The van der Waals surface area contributed by atoms with Gasteiger partial charge in [0.05, 0.1) is 0 Å². The summed E-state index contributed by atoms with van der Waals surface area (Å²) in [4.78, 5) is 29.0. The maximum Gasteiger partial charge on any atom is 0.246 e. The lowest BCUT2D eigenvalue weighted by Gasteiger charge is -2.33. The van der Waals surface area contributed by atoms with Gasteiger partial charge in [0.25, 0.3) is 0 Å². The molecular formula is C21H26Cl2N2O2. The lowest BCUT2D eigenvalue weighted by Crippen LogP contribution is -2.44. The Hall–Kier alpha value is -1.52. The maximum absolute atomic E-state index is 12.7. The van der Waals surface area contributed by atoms with Crippen LogP contribution in [0.3, 0.4) is 0 Å². The van der Waals surface area contributed by atoms with Gasteiger partial charge in [-0.2, -0.15) is 0 Å². The van der Waals surface area contributed by atoms with E-state index in [1.165, 1.54) is 12.8 Å². The molecule has 6 heteroatoms. The first-order valence-corrected chi connectivity index (χ1v) is 10.5. The van der Waals surface area contributed by atoms with Crippen LogP contribution in [0.5, 0.6) is 0 Å². The number of nitrogens with zero attached hydrogens (tertiary/aromatic N) is 2. The van der Waals surface area contributed by atoms with Gasteiger partial charge in [0.1, 0.15) is 0 Å². The van der Waals surface area contributed by atoms with Crippen molar-refractivity contribution >= 4 is 41.1 Å². The van der Waals surface area contributed by atoms with Gasteiger partial charge in [-0.05, 0) is 49.5 Å². The van der Waals surface area contributed by atoms with Crippen molar-refractivity contribution in [1.82, 2.24) is 9.80 Å². The van der Waals surface area contributed by atoms with E-state index >= 15 is 0 Å². The first-order valence-electron chi connectivity index (χ1n) is 9.75. The molecule has 27 heavy (non-hydrogen) atoms. The van der Waals surface area contributed by atoms with Crippen molar-refractivity contribution in [2.75, 3.05) is 26.2 Å². The fourth-order valence-corrected chi connectivity index (χ4v) is 4.27. The summed E-state index contributed by atoms with van der Waals surface area (Å²) in [6.45, 7) is 3.04. The summed E-state index contributed by atoms with van der Waals surface area (Å²) in [5, 5.41) is 1.09. The highest BCUT2D eigenvalue weighted by Gasteiger charge is 2.29. The van der Waals surface area contributed by atoms with E-state index in [0.717, 1.165) is 44.3 Å². The van der Waals surface area contributed by atoms with Crippen LogP contribution in [0.4, 0.5) is 0 Å². The van der Waals surface area contributed by atoms with Gasteiger partial charge >= 0.3 is 0 Å². The third kappa shape index (κ3) is 5.49. The molecule has 2 saturated heterocycles. The van der Waals surface area contributed by atoms with Crippen LogP contribution in [0.25, 0.3) is 6.08 Å². The molecule has 2 heterocycles. The van der Waals surface area contributed by atoms with Gasteiger partial charge in [-0.3, -0.25) is 9.59 Å². The van der Waals surface area contributed by atoms with Crippen LogP contribution in [0.1, 0.15) is 44.1 Å². The average Bonchev–Trinajstić information content (AvgIpc) is 2.96. The number of amides is 2. The Labute approximate surface area is 171 Å². The monoisotopic (exact) mass is 408 g/mol. The molecule has 0 spiro atoms. The van der Waals surface area contributed by atoms with Crippen molar-refractivity contribution in [3.05, 3.63) is 39.9 Å². The van der Waals surface area contributed by atoms with E-state index in [2.05, 4.69) is 0 Å². The number of carbonyl (C=O) groups excluding carboxylic acids is 2. The Kier molecular flexibility index (Phi) is 7.20. The zero-order valence-electron chi connectivity index (χ0n) is 15.5. The molecule has 2 fully saturated rings. The number of carbonyl (C=O) groups is 2. The second-order valence-corrected chi connectivity index (χ2v) is 8.18. The maximum atomic E-state index is 12.7. The summed E-state index contributed by atoms with van der Waals surface area (Å²) in [6.07, 6.45) is 9.43. The summed E-state index contributed by atoms with van der Waals surface area (Å²) in [5.74, 6) is 0.302. The summed E-state index contributed by atoms with van der Waals surface area (Å²) in [6, 6.07) is 5.20. The molecular weight excluding hydrogens is 383 g/mol. The Morgan fingerprint density at radius 1 is 0.926 bits per heavy atom.